The Balaban J connectivity index is 1.52. The van der Waals surface area contributed by atoms with Crippen LogP contribution in [-0.2, 0) is 9.53 Å². The van der Waals surface area contributed by atoms with E-state index >= 15 is 0 Å². The number of benzene rings is 2. The zero-order valence-electron chi connectivity index (χ0n) is 18.8. The number of hydrogen-bond acceptors (Lipinski definition) is 7. The van der Waals surface area contributed by atoms with Crippen molar-refractivity contribution in [3.63, 3.8) is 0 Å². The number of amides is 1. The molecule has 0 aliphatic heterocycles. The molecule has 34 heavy (non-hydrogen) atoms. The molecule has 2 aromatic carbocycles. The monoisotopic (exact) mass is 473 g/mol. The van der Waals surface area contributed by atoms with Gasteiger partial charge in [0.05, 0.1) is 17.9 Å². The van der Waals surface area contributed by atoms with Crippen LogP contribution < -0.4 is 5.32 Å². The van der Waals surface area contributed by atoms with Gasteiger partial charge < -0.3 is 10.1 Å². The minimum Gasteiger partial charge on any atom is -0.462 e. The summed E-state index contributed by atoms with van der Waals surface area (Å²) in [5.74, 6) is 0.0946. The van der Waals surface area contributed by atoms with Gasteiger partial charge in [-0.15, -0.1) is 10.2 Å². The first kappa shape index (κ1) is 23.2. The van der Waals surface area contributed by atoms with Gasteiger partial charge in [-0.05, 0) is 56.3 Å². The average Bonchev–Trinajstić information content (AvgIpc) is 3.28. The number of carbonyl (C=O) groups is 2. The van der Waals surface area contributed by atoms with E-state index in [0.29, 0.717) is 22.2 Å². The molecular weight excluding hydrogens is 450 g/mol. The summed E-state index contributed by atoms with van der Waals surface area (Å²) in [7, 11) is 0. The van der Waals surface area contributed by atoms with E-state index in [1.54, 1.807) is 43.6 Å². The van der Waals surface area contributed by atoms with Crippen LogP contribution in [0.15, 0.2) is 78.2 Å². The normalized spacial score (nSPS) is 10.6. The Morgan fingerprint density at radius 2 is 1.88 bits per heavy atom. The van der Waals surface area contributed by atoms with Gasteiger partial charge in [-0.25, -0.2) is 4.79 Å². The quantitative estimate of drug-likeness (QED) is 0.296. The molecule has 0 saturated heterocycles. The van der Waals surface area contributed by atoms with Crippen molar-refractivity contribution in [1.82, 2.24) is 19.7 Å². The topological polar surface area (TPSA) is 99.0 Å². The summed E-state index contributed by atoms with van der Waals surface area (Å²) in [6.45, 7) is 4.06. The lowest BCUT2D eigenvalue weighted by Crippen LogP contribution is -2.15. The lowest BCUT2D eigenvalue weighted by Gasteiger charge is -2.11. The highest BCUT2D eigenvalue weighted by atomic mass is 32.2. The summed E-state index contributed by atoms with van der Waals surface area (Å²) < 4.78 is 6.93. The highest BCUT2D eigenvalue weighted by Crippen LogP contribution is 2.28. The second kappa shape index (κ2) is 10.8. The fourth-order valence-corrected chi connectivity index (χ4v) is 3.99. The minimum atomic E-state index is -0.429. The molecule has 0 saturated carbocycles. The van der Waals surface area contributed by atoms with Crippen molar-refractivity contribution in [2.24, 2.45) is 0 Å². The maximum absolute atomic E-state index is 12.6. The number of hydrogen-bond donors (Lipinski definition) is 1. The molecule has 2 heterocycles. The zero-order chi connectivity index (χ0) is 23.9. The van der Waals surface area contributed by atoms with Gasteiger partial charge in [0, 0.05) is 29.3 Å². The Morgan fingerprint density at radius 3 is 2.62 bits per heavy atom. The van der Waals surface area contributed by atoms with Crippen LogP contribution in [0.4, 0.5) is 5.69 Å². The number of ether oxygens (including phenoxy) is 1. The van der Waals surface area contributed by atoms with Gasteiger partial charge in [0.15, 0.2) is 11.0 Å². The third-order valence-corrected chi connectivity index (χ3v) is 5.76. The molecule has 0 aliphatic carbocycles. The first-order chi connectivity index (χ1) is 16.5. The number of rotatable bonds is 8. The van der Waals surface area contributed by atoms with E-state index in [1.807, 2.05) is 47.9 Å². The Morgan fingerprint density at radius 1 is 1.06 bits per heavy atom. The van der Waals surface area contributed by atoms with E-state index in [0.717, 1.165) is 16.8 Å². The molecule has 0 radical (unpaired) electrons. The van der Waals surface area contributed by atoms with E-state index in [-0.39, 0.29) is 18.3 Å². The highest BCUT2D eigenvalue weighted by molar-refractivity contribution is 7.99. The molecule has 4 aromatic rings. The summed E-state index contributed by atoms with van der Waals surface area (Å²) in [5, 5.41) is 12.1. The van der Waals surface area contributed by atoms with Crippen molar-refractivity contribution in [2.75, 3.05) is 17.7 Å². The summed E-state index contributed by atoms with van der Waals surface area (Å²) in [6.07, 6.45) is 3.43. The number of anilines is 1. The number of aromatic nitrogens is 4. The number of pyridine rings is 1. The number of esters is 1. The van der Waals surface area contributed by atoms with E-state index in [4.69, 9.17) is 4.74 Å². The predicted molar refractivity (Wildman–Crippen MR) is 131 cm³/mol. The van der Waals surface area contributed by atoms with E-state index < -0.39 is 5.97 Å². The highest BCUT2D eigenvalue weighted by Gasteiger charge is 2.18. The molecule has 0 spiro atoms. The molecule has 0 unspecified atom stereocenters. The van der Waals surface area contributed by atoms with Crippen LogP contribution in [0.2, 0.25) is 0 Å². The summed E-state index contributed by atoms with van der Waals surface area (Å²) in [6, 6.07) is 18.4. The molecule has 9 heteroatoms. The molecule has 0 fully saturated rings. The fraction of sp³-hybridized carbons (Fsp3) is 0.160. The van der Waals surface area contributed by atoms with Crippen LogP contribution in [0.3, 0.4) is 0 Å². The van der Waals surface area contributed by atoms with Gasteiger partial charge in [0.1, 0.15) is 0 Å². The van der Waals surface area contributed by atoms with Crippen LogP contribution >= 0.6 is 11.8 Å². The number of aryl methyl sites for hydroxylation is 1. The van der Waals surface area contributed by atoms with Crippen LogP contribution in [0.25, 0.3) is 17.1 Å². The van der Waals surface area contributed by atoms with Gasteiger partial charge in [-0.1, -0.05) is 35.5 Å². The maximum Gasteiger partial charge on any atom is 0.338 e. The number of thioether (sulfide) groups is 1. The van der Waals surface area contributed by atoms with E-state index in [2.05, 4.69) is 20.5 Å². The van der Waals surface area contributed by atoms with Crippen molar-refractivity contribution >= 4 is 29.3 Å². The second-order valence-electron chi connectivity index (χ2n) is 7.36. The molecule has 172 valence electrons. The first-order valence-electron chi connectivity index (χ1n) is 10.7. The van der Waals surface area contributed by atoms with Crippen LogP contribution in [0.1, 0.15) is 22.8 Å². The van der Waals surface area contributed by atoms with Gasteiger partial charge in [-0.3, -0.25) is 14.3 Å². The van der Waals surface area contributed by atoms with Gasteiger partial charge >= 0.3 is 5.97 Å². The van der Waals surface area contributed by atoms with Crippen molar-refractivity contribution < 1.29 is 14.3 Å². The molecule has 0 bridgehead atoms. The Labute approximate surface area is 201 Å². The molecule has 2 aromatic heterocycles. The third-order valence-electron chi connectivity index (χ3n) is 4.84. The maximum atomic E-state index is 12.6. The molecule has 8 nitrogen and oxygen atoms in total. The largest absolute Gasteiger partial charge is 0.462 e. The summed E-state index contributed by atoms with van der Waals surface area (Å²) in [4.78, 5) is 28.8. The molecular formula is C25H23N5O3S. The Bertz CT molecular complexity index is 1290. The number of carbonyl (C=O) groups excluding carboxylic acids is 2. The van der Waals surface area contributed by atoms with E-state index in [1.165, 1.54) is 11.8 Å². The van der Waals surface area contributed by atoms with Crippen LogP contribution in [-0.4, -0.2) is 44.0 Å². The van der Waals surface area contributed by atoms with Crippen molar-refractivity contribution in [2.45, 2.75) is 19.0 Å². The lowest BCUT2D eigenvalue weighted by atomic mass is 10.2. The fourth-order valence-electron chi connectivity index (χ4n) is 3.24. The molecule has 0 aliphatic rings. The van der Waals surface area contributed by atoms with Gasteiger partial charge in [-0.2, -0.15) is 0 Å². The van der Waals surface area contributed by atoms with E-state index in [9.17, 15) is 9.59 Å². The molecule has 1 N–H and O–H groups in total. The number of nitrogens with one attached hydrogen (secondary N) is 1. The lowest BCUT2D eigenvalue weighted by molar-refractivity contribution is -0.113. The standard InChI is InChI=1S/C25H23N5O3S/c1-3-33-24(32)18-6-4-8-20(14-18)27-22(31)16-34-25-29-28-23(19-7-5-13-26-15-19)30(25)21-11-9-17(2)10-12-21/h4-15H,3,16H2,1-2H3,(H,27,31). The smallest absolute Gasteiger partial charge is 0.338 e. The Hall–Kier alpha value is -3.98. The molecule has 1 amide bonds. The predicted octanol–water partition coefficient (Wildman–Crippen LogP) is 4.55. The van der Waals surface area contributed by atoms with Crippen molar-refractivity contribution in [1.29, 1.82) is 0 Å². The number of nitrogens with zero attached hydrogens (tertiary/aromatic N) is 4. The zero-order valence-corrected chi connectivity index (χ0v) is 19.6. The summed E-state index contributed by atoms with van der Waals surface area (Å²) >= 11 is 1.27. The summed E-state index contributed by atoms with van der Waals surface area (Å²) in [5.41, 5.74) is 3.75. The minimum absolute atomic E-state index is 0.112. The van der Waals surface area contributed by atoms with Gasteiger partial charge in [0.25, 0.3) is 0 Å². The average molecular weight is 474 g/mol. The Kier molecular flexibility index (Phi) is 7.34. The first-order valence-corrected chi connectivity index (χ1v) is 11.7. The van der Waals surface area contributed by atoms with Crippen LogP contribution in [0, 0.1) is 6.92 Å². The SMILES string of the molecule is CCOC(=O)c1cccc(NC(=O)CSc2nnc(-c3cccnc3)n2-c2ccc(C)cc2)c1. The van der Waals surface area contributed by atoms with Gasteiger partial charge in [0.2, 0.25) is 5.91 Å². The van der Waals surface area contributed by atoms with Crippen LogP contribution in [0.5, 0.6) is 0 Å². The molecule has 0 atom stereocenters. The second-order valence-corrected chi connectivity index (χ2v) is 8.30. The van der Waals surface area contributed by atoms with Crippen molar-refractivity contribution in [3.05, 3.63) is 84.2 Å². The molecule has 4 rings (SSSR count). The third kappa shape index (κ3) is 5.49. The van der Waals surface area contributed by atoms with Crippen molar-refractivity contribution in [3.8, 4) is 17.1 Å².